The first-order valence-corrected chi connectivity index (χ1v) is 6.79. The minimum atomic E-state index is -0.0377. The van der Waals surface area contributed by atoms with Gasteiger partial charge in [-0.15, -0.1) is 11.3 Å². The third kappa shape index (κ3) is 1.63. The Bertz CT molecular complexity index is 506. The minimum Gasteiger partial charge on any atom is -0.395 e. The van der Waals surface area contributed by atoms with Gasteiger partial charge in [0.2, 0.25) is 0 Å². The second kappa shape index (κ2) is 3.96. The van der Waals surface area contributed by atoms with Gasteiger partial charge in [0.25, 0.3) is 0 Å². The van der Waals surface area contributed by atoms with E-state index in [0.717, 1.165) is 29.1 Å². The second-order valence-corrected chi connectivity index (χ2v) is 6.02. The molecule has 3 rings (SSSR count). The molecule has 3 nitrogen and oxygen atoms in total. The molecular formula is C13H16N2OS. The molecule has 0 amide bonds. The van der Waals surface area contributed by atoms with Crippen LogP contribution in [0.1, 0.15) is 29.1 Å². The smallest absolute Gasteiger partial charge is 0.102 e. The van der Waals surface area contributed by atoms with Gasteiger partial charge < -0.3 is 10.1 Å². The predicted molar refractivity (Wildman–Crippen MR) is 69.3 cm³/mol. The van der Waals surface area contributed by atoms with Crippen molar-refractivity contribution in [3.05, 3.63) is 28.3 Å². The van der Waals surface area contributed by atoms with Crippen LogP contribution < -0.4 is 0 Å². The summed E-state index contributed by atoms with van der Waals surface area (Å²) in [6.45, 7) is 2.33. The third-order valence-electron chi connectivity index (χ3n) is 3.73. The number of aromatic amines is 1. The topological polar surface area (TPSA) is 48.9 Å². The molecule has 1 aliphatic carbocycles. The normalized spacial score (nSPS) is 18.0. The summed E-state index contributed by atoms with van der Waals surface area (Å²) >= 11 is 1.73. The predicted octanol–water partition coefficient (Wildman–Crippen LogP) is 2.86. The monoisotopic (exact) mass is 248 g/mol. The van der Waals surface area contributed by atoms with Crippen LogP contribution >= 0.6 is 11.3 Å². The maximum Gasteiger partial charge on any atom is 0.102 e. The van der Waals surface area contributed by atoms with Crippen LogP contribution in [0.15, 0.2) is 18.5 Å². The molecule has 1 saturated carbocycles. The first-order chi connectivity index (χ1) is 8.25. The molecular weight excluding hydrogens is 232 g/mol. The SMILES string of the molecule is Cc1sc(C2(CO)CCC2)nc1-c1cc[nH]c1. The molecule has 0 spiro atoms. The number of H-pyrrole nitrogens is 1. The second-order valence-electron chi connectivity index (χ2n) is 4.82. The van der Waals surface area contributed by atoms with Crippen LogP contribution in [-0.2, 0) is 5.41 Å². The summed E-state index contributed by atoms with van der Waals surface area (Å²) in [7, 11) is 0. The van der Waals surface area contributed by atoms with Crippen molar-refractivity contribution < 1.29 is 5.11 Å². The summed E-state index contributed by atoms with van der Waals surface area (Å²) in [5.41, 5.74) is 2.16. The Balaban J connectivity index is 2.01. The molecule has 2 N–H and O–H groups in total. The van der Waals surface area contributed by atoms with E-state index in [2.05, 4.69) is 11.9 Å². The Hall–Kier alpha value is -1.13. The van der Waals surface area contributed by atoms with E-state index in [1.807, 2.05) is 18.5 Å². The van der Waals surface area contributed by atoms with Crippen LogP contribution in [0.4, 0.5) is 0 Å². The quantitative estimate of drug-likeness (QED) is 0.877. The first kappa shape index (κ1) is 11.0. The fourth-order valence-corrected chi connectivity index (χ4v) is 3.58. The molecule has 2 aromatic rings. The largest absolute Gasteiger partial charge is 0.395 e. The van der Waals surface area contributed by atoms with Gasteiger partial charge in [0.1, 0.15) is 5.01 Å². The molecule has 0 aliphatic heterocycles. The minimum absolute atomic E-state index is 0.0377. The molecule has 2 heterocycles. The van der Waals surface area contributed by atoms with Crippen molar-refractivity contribution >= 4 is 11.3 Å². The van der Waals surface area contributed by atoms with Gasteiger partial charge in [-0.25, -0.2) is 4.98 Å². The first-order valence-electron chi connectivity index (χ1n) is 5.97. The summed E-state index contributed by atoms with van der Waals surface area (Å²) in [5.74, 6) is 0. The van der Waals surface area contributed by atoms with Gasteiger partial charge in [-0.05, 0) is 25.8 Å². The zero-order chi connectivity index (χ0) is 11.9. The molecule has 2 aromatic heterocycles. The van der Waals surface area contributed by atoms with Gasteiger partial charge in [0.15, 0.2) is 0 Å². The highest BCUT2D eigenvalue weighted by molar-refractivity contribution is 7.12. The number of thiazole rings is 1. The van der Waals surface area contributed by atoms with Crippen LogP contribution in [0.25, 0.3) is 11.3 Å². The molecule has 17 heavy (non-hydrogen) atoms. The number of rotatable bonds is 3. The Morgan fingerprint density at radius 3 is 2.88 bits per heavy atom. The van der Waals surface area contributed by atoms with Crippen molar-refractivity contribution in [1.29, 1.82) is 0 Å². The molecule has 0 saturated heterocycles. The zero-order valence-corrected chi connectivity index (χ0v) is 10.7. The molecule has 0 aromatic carbocycles. The van der Waals surface area contributed by atoms with Gasteiger partial charge in [0.05, 0.1) is 12.3 Å². The highest BCUT2D eigenvalue weighted by Crippen LogP contribution is 2.46. The molecule has 90 valence electrons. The van der Waals surface area contributed by atoms with Gasteiger partial charge in [-0.1, -0.05) is 6.42 Å². The number of nitrogens with zero attached hydrogens (tertiary/aromatic N) is 1. The molecule has 0 atom stereocenters. The number of hydrogen-bond acceptors (Lipinski definition) is 3. The summed E-state index contributed by atoms with van der Waals surface area (Å²) in [6.07, 6.45) is 7.24. The van der Waals surface area contributed by atoms with Crippen LogP contribution in [0.2, 0.25) is 0 Å². The van der Waals surface area contributed by atoms with E-state index in [1.165, 1.54) is 11.3 Å². The van der Waals surface area contributed by atoms with Crippen LogP contribution in [0, 0.1) is 6.92 Å². The zero-order valence-electron chi connectivity index (χ0n) is 9.86. The lowest BCUT2D eigenvalue weighted by Gasteiger charge is -2.38. The Morgan fingerprint density at radius 2 is 2.35 bits per heavy atom. The van der Waals surface area contributed by atoms with Crippen molar-refractivity contribution in [2.24, 2.45) is 0 Å². The lowest BCUT2D eigenvalue weighted by atomic mass is 9.70. The number of aliphatic hydroxyl groups is 1. The standard InChI is InChI=1S/C13H16N2OS/c1-9-11(10-3-6-14-7-10)15-12(17-9)13(8-16)4-2-5-13/h3,6-7,14,16H,2,4-5,8H2,1H3. The highest BCUT2D eigenvalue weighted by Gasteiger charge is 2.41. The average molecular weight is 248 g/mol. The van der Waals surface area contributed by atoms with Crippen LogP contribution in [0.3, 0.4) is 0 Å². The van der Waals surface area contributed by atoms with Gasteiger partial charge in [-0.3, -0.25) is 0 Å². The fourth-order valence-electron chi connectivity index (χ4n) is 2.41. The molecule has 0 bridgehead atoms. The highest BCUT2D eigenvalue weighted by atomic mass is 32.1. The molecule has 1 aliphatic rings. The summed E-state index contributed by atoms with van der Waals surface area (Å²) in [6, 6.07) is 2.04. The van der Waals surface area contributed by atoms with Crippen molar-refractivity contribution in [3.63, 3.8) is 0 Å². The van der Waals surface area contributed by atoms with Crippen molar-refractivity contribution in [2.75, 3.05) is 6.61 Å². The van der Waals surface area contributed by atoms with Gasteiger partial charge in [0, 0.05) is 28.2 Å². The Morgan fingerprint density at radius 1 is 1.53 bits per heavy atom. The maximum absolute atomic E-state index is 9.58. The number of aryl methyl sites for hydroxylation is 1. The van der Waals surface area contributed by atoms with E-state index in [1.54, 1.807) is 11.3 Å². The number of aliphatic hydroxyl groups excluding tert-OH is 1. The molecule has 1 fully saturated rings. The number of nitrogens with one attached hydrogen (secondary N) is 1. The maximum atomic E-state index is 9.58. The van der Waals surface area contributed by atoms with E-state index in [4.69, 9.17) is 4.98 Å². The van der Waals surface area contributed by atoms with E-state index in [-0.39, 0.29) is 12.0 Å². The number of hydrogen-bond donors (Lipinski definition) is 2. The third-order valence-corrected chi connectivity index (χ3v) is 4.95. The van der Waals surface area contributed by atoms with Crippen LogP contribution in [-0.4, -0.2) is 21.7 Å². The number of aromatic nitrogens is 2. The van der Waals surface area contributed by atoms with E-state index in [9.17, 15) is 5.11 Å². The lowest BCUT2D eigenvalue weighted by molar-refractivity contribution is 0.120. The molecule has 0 radical (unpaired) electrons. The van der Waals surface area contributed by atoms with Gasteiger partial charge >= 0.3 is 0 Å². The Kier molecular flexibility index (Phi) is 2.56. The van der Waals surface area contributed by atoms with E-state index >= 15 is 0 Å². The summed E-state index contributed by atoms with van der Waals surface area (Å²) in [5, 5.41) is 10.7. The lowest BCUT2D eigenvalue weighted by Crippen LogP contribution is -2.37. The van der Waals surface area contributed by atoms with Crippen molar-refractivity contribution in [1.82, 2.24) is 9.97 Å². The van der Waals surface area contributed by atoms with E-state index in [0.29, 0.717) is 0 Å². The Labute approximate surface area is 105 Å². The van der Waals surface area contributed by atoms with Crippen molar-refractivity contribution in [3.8, 4) is 11.3 Å². The van der Waals surface area contributed by atoms with E-state index < -0.39 is 0 Å². The molecule has 4 heteroatoms. The fraction of sp³-hybridized carbons (Fsp3) is 0.462. The van der Waals surface area contributed by atoms with Gasteiger partial charge in [-0.2, -0.15) is 0 Å². The average Bonchev–Trinajstić information content (AvgIpc) is 2.86. The van der Waals surface area contributed by atoms with Crippen LogP contribution in [0.5, 0.6) is 0 Å². The summed E-state index contributed by atoms with van der Waals surface area (Å²) in [4.78, 5) is 9.05. The molecule has 0 unspecified atom stereocenters. The van der Waals surface area contributed by atoms with Crippen molar-refractivity contribution in [2.45, 2.75) is 31.6 Å². The summed E-state index contributed by atoms with van der Waals surface area (Å²) < 4.78 is 0.